The van der Waals surface area contributed by atoms with Gasteiger partial charge in [-0.2, -0.15) is 0 Å². The Kier molecular flexibility index (Phi) is 4.95. The molecule has 2 rings (SSSR count). The van der Waals surface area contributed by atoms with E-state index in [1.807, 2.05) is 30.3 Å². The highest BCUT2D eigenvalue weighted by Gasteiger charge is 2.26. The van der Waals surface area contributed by atoms with Gasteiger partial charge in [0.15, 0.2) is 0 Å². The van der Waals surface area contributed by atoms with Crippen LogP contribution in [-0.2, 0) is 11.2 Å². The fourth-order valence-corrected chi connectivity index (χ4v) is 2.30. The number of nitrogens with one attached hydrogen (secondary N) is 2. The maximum absolute atomic E-state index is 12.4. The second-order valence-electron chi connectivity index (χ2n) is 4.77. The van der Waals surface area contributed by atoms with E-state index in [0.29, 0.717) is 19.5 Å². The lowest BCUT2D eigenvalue weighted by atomic mass is 10.0. The smallest absolute Gasteiger partial charge is 0.405 e. The van der Waals surface area contributed by atoms with Gasteiger partial charge in [-0.1, -0.05) is 30.3 Å². The monoisotopic (exact) mass is 277 g/mol. The first-order valence-electron chi connectivity index (χ1n) is 6.69. The Morgan fingerprint density at radius 3 is 2.50 bits per heavy atom. The van der Waals surface area contributed by atoms with Crippen LogP contribution in [0.3, 0.4) is 0 Å². The summed E-state index contributed by atoms with van der Waals surface area (Å²) in [5.41, 5.74) is 0.940. The zero-order valence-corrected chi connectivity index (χ0v) is 11.2. The molecule has 6 nitrogen and oxygen atoms in total. The van der Waals surface area contributed by atoms with Gasteiger partial charge in [0.1, 0.15) is 6.04 Å². The molecule has 108 valence electrons. The second kappa shape index (κ2) is 6.91. The maximum Gasteiger partial charge on any atom is 0.405 e. The number of hydrogen-bond acceptors (Lipinski definition) is 3. The van der Waals surface area contributed by atoms with Crippen LogP contribution in [0.5, 0.6) is 0 Å². The van der Waals surface area contributed by atoms with Crippen LogP contribution >= 0.6 is 0 Å². The minimum absolute atomic E-state index is 0.155. The van der Waals surface area contributed by atoms with Crippen LogP contribution in [0.4, 0.5) is 4.79 Å². The molecule has 1 atom stereocenters. The van der Waals surface area contributed by atoms with Crippen LogP contribution < -0.4 is 10.6 Å². The van der Waals surface area contributed by atoms with Gasteiger partial charge in [-0.3, -0.25) is 4.79 Å². The molecule has 1 heterocycles. The molecule has 1 saturated heterocycles. The van der Waals surface area contributed by atoms with Crippen molar-refractivity contribution in [1.82, 2.24) is 15.5 Å². The van der Waals surface area contributed by atoms with E-state index >= 15 is 0 Å². The van der Waals surface area contributed by atoms with Crippen molar-refractivity contribution in [3.05, 3.63) is 35.9 Å². The summed E-state index contributed by atoms with van der Waals surface area (Å²) in [6.45, 7) is 2.73. The molecule has 1 aliphatic heterocycles. The highest BCUT2D eigenvalue weighted by molar-refractivity contribution is 5.85. The van der Waals surface area contributed by atoms with Crippen molar-refractivity contribution in [3.8, 4) is 0 Å². The van der Waals surface area contributed by atoms with Crippen LogP contribution in [0.15, 0.2) is 30.3 Å². The highest BCUT2D eigenvalue weighted by Crippen LogP contribution is 2.07. The van der Waals surface area contributed by atoms with Gasteiger partial charge in [0.2, 0.25) is 5.91 Å². The summed E-state index contributed by atoms with van der Waals surface area (Å²) in [6, 6.07) is 8.70. The quantitative estimate of drug-likeness (QED) is 0.739. The number of nitrogens with zero attached hydrogens (tertiary/aromatic N) is 1. The van der Waals surface area contributed by atoms with E-state index < -0.39 is 12.1 Å². The third kappa shape index (κ3) is 3.96. The minimum Gasteiger partial charge on any atom is -0.465 e. The van der Waals surface area contributed by atoms with Gasteiger partial charge in [0, 0.05) is 32.6 Å². The van der Waals surface area contributed by atoms with Crippen molar-refractivity contribution in [3.63, 3.8) is 0 Å². The van der Waals surface area contributed by atoms with E-state index in [1.165, 1.54) is 0 Å². The highest BCUT2D eigenvalue weighted by atomic mass is 16.4. The largest absolute Gasteiger partial charge is 0.465 e. The average molecular weight is 277 g/mol. The zero-order chi connectivity index (χ0) is 14.4. The Morgan fingerprint density at radius 1 is 1.25 bits per heavy atom. The van der Waals surface area contributed by atoms with Gasteiger partial charge < -0.3 is 20.6 Å². The van der Waals surface area contributed by atoms with Crippen LogP contribution in [0, 0.1) is 0 Å². The summed E-state index contributed by atoms with van der Waals surface area (Å²) >= 11 is 0. The van der Waals surface area contributed by atoms with Crippen LogP contribution in [0.1, 0.15) is 5.56 Å². The van der Waals surface area contributed by atoms with Gasteiger partial charge >= 0.3 is 6.09 Å². The van der Waals surface area contributed by atoms with Gasteiger partial charge in [0.05, 0.1) is 0 Å². The van der Waals surface area contributed by atoms with Crippen molar-refractivity contribution in [2.24, 2.45) is 0 Å². The Labute approximate surface area is 117 Å². The average Bonchev–Trinajstić information content (AvgIpc) is 2.47. The Hall–Kier alpha value is -2.08. The molecule has 0 spiro atoms. The molecule has 20 heavy (non-hydrogen) atoms. The number of benzene rings is 1. The van der Waals surface area contributed by atoms with Gasteiger partial charge in [0.25, 0.3) is 0 Å². The number of hydrogen-bond donors (Lipinski definition) is 3. The lowest BCUT2D eigenvalue weighted by Crippen LogP contribution is -2.54. The maximum atomic E-state index is 12.4. The zero-order valence-electron chi connectivity index (χ0n) is 11.2. The fraction of sp³-hybridized carbons (Fsp3) is 0.429. The van der Waals surface area contributed by atoms with Gasteiger partial charge in [-0.15, -0.1) is 0 Å². The first kappa shape index (κ1) is 14.3. The number of piperazine rings is 1. The van der Waals surface area contributed by atoms with E-state index in [2.05, 4.69) is 10.6 Å². The normalized spacial score (nSPS) is 16.5. The summed E-state index contributed by atoms with van der Waals surface area (Å²) in [6.07, 6.45) is -0.801. The summed E-state index contributed by atoms with van der Waals surface area (Å²) in [5.74, 6) is -0.155. The number of rotatable bonds is 4. The van der Waals surface area contributed by atoms with Crippen molar-refractivity contribution in [2.75, 3.05) is 26.2 Å². The Bertz CT molecular complexity index is 458. The standard InChI is InChI=1S/C14H19N3O3/c18-13(17-8-6-15-7-9-17)12(16-14(19)20)10-11-4-2-1-3-5-11/h1-5,12,15-16H,6-10H2,(H,19,20). The van der Waals surface area contributed by atoms with Crippen LogP contribution in [0.25, 0.3) is 0 Å². The summed E-state index contributed by atoms with van der Waals surface area (Å²) < 4.78 is 0. The van der Waals surface area contributed by atoms with Crippen molar-refractivity contribution in [2.45, 2.75) is 12.5 Å². The molecule has 0 bridgehead atoms. The van der Waals surface area contributed by atoms with E-state index in [0.717, 1.165) is 18.7 Å². The molecule has 1 aliphatic rings. The van der Waals surface area contributed by atoms with E-state index in [4.69, 9.17) is 5.11 Å². The molecule has 3 N–H and O–H groups in total. The molecule has 0 saturated carbocycles. The minimum atomic E-state index is -1.17. The summed E-state index contributed by atoms with van der Waals surface area (Å²) in [5, 5.41) is 14.4. The molecule has 0 radical (unpaired) electrons. The van der Waals surface area contributed by atoms with Crippen molar-refractivity contribution >= 4 is 12.0 Å². The van der Waals surface area contributed by atoms with E-state index in [-0.39, 0.29) is 5.91 Å². The molecular formula is C14H19N3O3. The van der Waals surface area contributed by atoms with Gasteiger partial charge in [-0.05, 0) is 5.56 Å². The SMILES string of the molecule is O=C(O)NC(Cc1ccccc1)C(=O)N1CCNCC1. The third-order valence-corrected chi connectivity index (χ3v) is 3.31. The predicted molar refractivity (Wildman–Crippen MR) is 74.5 cm³/mol. The van der Waals surface area contributed by atoms with Crippen LogP contribution in [0.2, 0.25) is 0 Å². The first-order chi connectivity index (χ1) is 9.66. The lowest BCUT2D eigenvalue weighted by molar-refractivity contribution is -0.133. The van der Waals surface area contributed by atoms with E-state index in [9.17, 15) is 9.59 Å². The number of carbonyl (C=O) groups excluding carboxylic acids is 1. The number of carboxylic acid groups (broad SMARTS) is 1. The fourth-order valence-electron chi connectivity index (χ4n) is 2.30. The van der Waals surface area contributed by atoms with Gasteiger partial charge in [-0.25, -0.2) is 4.79 Å². The number of amides is 2. The lowest BCUT2D eigenvalue weighted by Gasteiger charge is -2.30. The van der Waals surface area contributed by atoms with Crippen LogP contribution in [-0.4, -0.2) is 54.2 Å². The molecule has 6 heteroatoms. The third-order valence-electron chi connectivity index (χ3n) is 3.31. The van der Waals surface area contributed by atoms with Crippen molar-refractivity contribution < 1.29 is 14.7 Å². The molecule has 0 aromatic heterocycles. The summed E-state index contributed by atoms with van der Waals surface area (Å²) in [7, 11) is 0. The number of carbonyl (C=O) groups is 2. The molecule has 1 fully saturated rings. The molecule has 1 aromatic rings. The molecule has 1 unspecified atom stereocenters. The topological polar surface area (TPSA) is 81.7 Å². The molecule has 2 amide bonds. The van der Waals surface area contributed by atoms with Crippen molar-refractivity contribution in [1.29, 1.82) is 0 Å². The molecular weight excluding hydrogens is 258 g/mol. The molecule has 0 aliphatic carbocycles. The Morgan fingerprint density at radius 2 is 1.90 bits per heavy atom. The second-order valence-corrected chi connectivity index (χ2v) is 4.77. The first-order valence-corrected chi connectivity index (χ1v) is 6.69. The Balaban J connectivity index is 2.05. The summed E-state index contributed by atoms with van der Waals surface area (Å²) in [4.78, 5) is 25.0. The molecule has 1 aromatic carbocycles. The predicted octanol–water partition coefficient (Wildman–Crippen LogP) is 0.297. The van der Waals surface area contributed by atoms with E-state index in [1.54, 1.807) is 4.90 Å².